The zero-order chi connectivity index (χ0) is 11.6. The average molecular weight is 207 g/mol. The van der Waals surface area contributed by atoms with E-state index in [-0.39, 0.29) is 5.54 Å². The van der Waals surface area contributed by atoms with E-state index in [4.69, 9.17) is 5.73 Å². The number of hydrogen-bond donors (Lipinski definition) is 1. The minimum atomic E-state index is 0.0506. The summed E-state index contributed by atoms with van der Waals surface area (Å²) in [6.45, 7) is 10.9. The SMILES string of the molecule is CC(C)N(c1cccc(N)n1)C(C)(C)C. The molecule has 1 aromatic heterocycles. The number of hydrogen-bond acceptors (Lipinski definition) is 3. The number of nitrogen functional groups attached to an aromatic ring is 1. The van der Waals surface area contributed by atoms with Crippen LogP contribution in [0.5, 0.6) is 0 Å². The Morgan fingerprint density at radius 3 is 2.27 bits per heavy atom. The van der Waals surface area contributed by atoms with Crippen LogP contribution in [0.3, 0.4) is 0 Å². The molecule has 0 bridgehead atoms. The van der Waals surface area contributed by atoms with Crippen LogP contribution in [0.25, 0.3) is 0 Å². The molecule has 0 aliphatic rings. The maximum atomic E-state index is 5.70. The fraction of sp³-hybridized carbons (Fsp3) is 0.583. The van der Waals surface area contributed by atoms with Crippen molar-refractivity contribution >= 4 is 11.6 Å². The molecule has 3 nitrogen and oxygen atoms in total. The van der Waals surface area contributed by atoms with Crippen LogP contribution in [0, 0.1) is 0 Å². The Kier molecular flexibility index (Phi) is 3.22. The van der Waals surface area contributed by atoms with Crippen LogP contribution in [0.2, 0.25) is 0 Å². The highest BCUT2D eigenvalue weighted by atomic mass is 15.3. The molecule has 0 aliphatic carbocycles. The molecular weight excluding hydrogens is 186 g/mol. The predicted octanol–water partition coefficient (Wildman–Crippen LogP) is 2.68. The molecule has 0 aromatic carbocycles. The van der Waals surface area contributed by atoms with Gasteiger partial charge in [0, 0.05) is 11.6 Å². The van der Waals surface area contributed by atoms with Gasteiger partial charge in [0.2, 0.25) is 0 Å². The van der Waals surface area contributed by atoms with E-state index in [2.05, 4.69) is 44.5 Å². The van der Waals surface area contributed by atoms with Crippen molar-refractivity contribution in [2.75, 3.05) is 10.6 Å². The van der Waals surface area contributed by atoms with Gasteiger partial charge in [-0.3, -0.25) is 0 Å². The number of anilines is 2. The third-order valence-corrected chi connectivity index (χ3v) is 2.24. The summed E-state index contributed by atoms with van der Waals surface area (Å²) >= 11 is 0. The third-order valence-electron chi connectivity index (χ3n) is 2.24. The Balaban J connectivity index is 3.11. The van der Waals surface area contributed by atoms with Gasteiger partial charge in [-0.15, -0.1) is 0 Å². The summed E-state index contributed by atoms with van der Waals surface area (Å²) in [5, 5.41) is 0. The molecule has 0 saturated heterocycles. The number of nitrogens with zero attached hydrogens (tertiary/aromatic N) is 2. The van der Waals surface area contributed by atoms with E-state index in [1.54, 1.807) is 0 Å². The first-order valence-electron chi connectivity index (χ1n) is 5.34. The zero-order valence-corrected chi connectivity index (χ0v) is 10.3. The van der Waals surface area contributed by atoms with Gasteiger partial charge in [-0.1, -0.05) is 6.07 Å². The van der Waals surface area contributed by atoms with E-state index >= 15 is 0 Å². The summed E-state index contributed by atoms with van der Waals surface area (Å²) in [6, 6.07) is 6.16. The lowest BCUT2D eigenvalue weighted by atomic mass is 10.0. The molecule has 0 amide bonds. The van der Waals surface area contributed by atoms with Gasteiger partial charge >= 0.3 is 0 Å². The maximum Gasteiger partial charge on any atom is 0.131 e. The molecular formula is C12H21N3. The normalized spacial score (nSPS) is 11.9. The van der Waals surface area contributed by atoms with Crippen LogP contribution in [0.15, 0.2) is 18.2 Å². The summed E-state index contributed by atoms with van der Waals surface area (Å²) in [5.74, 6) is 1.51. The molecule has 0 aliphatic heterocycles. The summed E-state index contributed by atoms with van der Waals surface area (Å²) in [6.07, 6.45) is 0. The van der Waals surface area contributed by atoms with E-state index in [1.807, 2.05) is 18.2 Å². The first kappa shape index (κ1) is 11.8. The minimum Gasteiger partial charge on any atom is -0.384 e. The lowest BCUT2D eigenvalue weighted by Crippen LogP contribution is -2.46. The Bertz CT molecular complexity index is 326. The van der Waals surface area contributed by atoms with Crippen molar-refractivity contribution in [3.63, 3.8) is 0 Å². The highest BCUT2D eigenvalue weighted by molar-refractivity contribution is 5.47. The summed E-state index contributed by atoms with van der Waals surface area (Å²) < 4.78 is 0. The van der Waals surface area contributed by atoms with Crippen molar-refractivity contribution in [3.8, 4) is 0 Å². The second-order valence-corrected chi connectivity index (χ2v) is 5.06. The van der Waals surface area contributed by atoms with Gasteiger partial charge in [0.05, 0.1) is 0 Å². The summed E-state index contributed by atoms with van der Waals surface area (Å²) in [7, 11) is 0. The maximum absolute atomic E-state index is 5.70. The lowest BCUT2D eigenvalue weighted by molar-refractivity contribution is 0.461. The van der Waals surface area contributed by atoms with Gasteiger partial charge in [-0.2, -0.15) is 0 Å². The van der Waals surface area contributed by atoms with Gasteiger partial charge in [-0.25, -0.2) is 4.98 Å². The van der Waals surface area contributed by atoms with Gasteiger partial charge in [0.1, 0.15) is 11.6 Å². The Morgan fingerprint density at radius 1 is 1.27 bits per heavy atom. The van der Waals surface area contributed by atoms with Crippen LogP contribution >= 0.6 is 0 Å². The monoisotopic (exact) mass is 207 g/mol. The van der Waals surface area contributed by atoms with Gasteiger partial charge < -0.3 is 10.6 Å². The van der Waals surface area contributed by atoms with Crippen LogP contribution in [-0.4, -0.2) is 16.6 Å². The van der Waals surface area contributed by atoms with Crippen molar-refractivity contribution in [2.45, 2.75) is 46.2 Å². The Labute approximate surface area is 92.3 Å². The predicted molar refractivity (Wildman–Crippen MR) is 66.0 cm³/mol. The van der Waals surface area contributed by atoms with Crippen molar-refractivity contribution in [1.82, 2.24) is 4.98 Å². The molecule has 0 unspecified atom stereocenters. The molecule has 84 valence electrons. The van der Waals surface area contributed by atoms with E-state index in [9.17, 15) is 0 Å². The van der Waals surface area contributed by atoms with E-state index in [0.717, 1.165) is 5.82 Å². The molecule has 1 aromatic rings. The quantitative estimate of drug-likeness (QED) is 0.810. The average Bonchev–Trinajstić information content (AvgIpc) is 1.99. The van der Waals surface area contributed by atoms with Crippen LogP contribution in [0.1, 0.15) is 34.6 Å². The van der Waals surface area contributed by atoms with Crippen LogP contribution in [-0.2, 0) is 0 Å². The van der Waals surface area contributed by atoms with Gasteiger partial charge in [0.25, 0.3) is 0 Å². The number of aromatic nitrogens is 1. The molecule has 1 heterocycles. The Morgan fingerprint density at radius 2 is 1.87 bits per heavy atom. The fourth-order valence-electron chi connectivity index (χ4n) is 1.96. The fourth-order valence-corrected chi connectivity index (χ4v) is 1.96. The second kappa shape index (κ2) is 4.09. The minimum absolute atomic E-state index is 0.0506. The number of rotatable bonds is 2. The van der Waals surface area contributed by atoms with Crippen molar-refractivity contribution < 1.29 is 0 Å². The van der Waals surface area contributed by atoms with Crippen LogP contribution in [0.4, 0.5) is 11.6 Å². The molecule has 15 heavy (non-hydrogen) atoms. The first-order valence-corrected chi connectivity index (χ1v) is 5.34. The smallest absolute Gasteiger partial charge is 0.131 e. The lowest BCUT2D eigenvalue weighted by Gasteiger charge is -2.40. The molecule has 0 spiro atoms. The standard InChI is InChI=1S/C12H21N3/c1-9(2)15(12(3,4)5)11-8-6-7-10(13)14-11/h6-9H,1-5H3,(H2,13,14). The Hall–Kier alpha value is -1.25. The molecule has 0 atom stereocenters. The molecule has 0 saturated carbocycles. The molecule has 2 N–H and O–H groups in total. The summed E-state index contributed by atoms with van der Waals surface area (Å²) in [4.78, 5) is 6.63. The highest BCUT2D eigenvalue weighted by Crippen LogP contribution is 2.24. The largest absolute Gasteiger partial charge is 0.384 e. The summed E-state index contributed by atoms with van der Waals surface area (Å²) in [5.41, 5.74) is 5.75. The topological polar surface area (TPSA) is 42.1 Å². The van der Waals surface area contributed by atoms with E-state index < -0.39 is 0 Å². The van der Waals surface area contributed by atoms with Crippen molar-refractivity contribution in [2.24, 2.45) is 0 Å². The molecule has 3 heteroatoms. The van der Waals surface area contributed by atoms with Gasteiger partial charge in [-0.05, 0) is 46.8 Å². The van der Waals surface area contributed by atoms with Crippen molar-refractivity contribution in [1.29, 1.82) is 0 Å². The number of nitrogens with two attached hydrogens (primary N) is 1. The molecule has 0 radical (unpaired) electrons. The highest BCUT2D eigenvalue weighted by Gasteiger charge is 2.25. The van der Waals surface area contributed by atoms with E-state index in [0.29, 0.717) is 11.9 Å². The third kappa shape index (κ3) is 2.85. The second-order valence-electron chi connectivity index (χ2n) is 5.06. The van der Waals surface area contributed by atoms with E-state index in [1.165, 1.54) is 0 Å². The van der Waals surface area contributed by atoms with Crippen molar-refractivity contribution in [3.05, 3.63) is 18.2 Å². The molecule has 0 fully saturated rings. The van der Waals surface area contributed by atoms with Gasteiger partial charge in [0.15, 0.2) is 0 Å². The van der Waals surface area contributed by atoms with Crippen LogP contribution < -0.4 is 10.6 Å². The first-order chi connectivity index (χ1) is 6.82. The number of pyridine rings is 1. The molecule has 1 rings (SSSR count). The zero-order valence-electron chi connectivity index (χ0n) is 10.3.